The lowest BCUT2D eigenvalue weighted by atomic mass is 10.1. The van der Waals surface area contributed by atoms with Crippen molar-refractivity contribution in [2.45, 2.75) is 12.8 Å². The topological polar surface area (TPSA) is 29.1 Å². The highest BCUT2D eigenvalue weighted by Gasteiger charge is 2.08. The molecular formula is C15H13ClFNO. The molecule has 2 aromatic carbocycles. The molecule has 0 saturated heterocycles. The number of halogens is 2. The van der Waals surface area contributed by atoms with Gasteiger partial charge in [0.25, 0.3) is 5.91 Å². The molecule has 2 nitrogen and oxygen atoms in total. The van der Waals surface area contributed by atoms with E-state index < -0.39 is 5.82 Å². The molecule has 0 bridgehead atoms. The van der Waals surface area contributed by atoms with Crippen LogP contribution in [0.2, 0.25) is 0 Å². The number of hydrogen-bond donors (Lipinski definition) is 1. The van der Waals surface area contributed by atoms with Gasteiger partial charge in [0, 0.05) is 17.1 Å². The van der Waals surface area contributed by atoms with Gasteiger partial charge >= 0.3 is 0 Å². The molecule has 19 heavy (non-hydrogen) atoms. The van der Waals surface area contributed by atoms with Gasteiger partial charge < -0.3 is 5.32 Å². The third-order valence-corrected chi connectivity index (χ3v) is 2.95. The Morgan fingerprint density at radius 2 is 2.05 bits per heavy atom. The molecule has 1 N–H and O–H groups in total. The van der Waals surface area contributed by atoms with Gasteiger partial charge in [-0.3, -0.25) is 4.79 Å². The van der Waals surface area contributed by atoms with E-state index in [4.69, 9.17) is 11.6 Å². The van der Waals surface area contributed by atoms with Crippen molar-refractivity contribution in [1.82, 2.24) is 0 Å². The lowest BCUT2D eigenvalue weighted by Gasteiger charge is -2.07. The van der Waals surface area contributed by atoms with E-state index in [0.29, 0.717) is 22.7 Å². The first-order valence-corrected chi connectivity index (χ1v) is 6.35. The van der Waals surface area contributed by atoms with Gasteiger partial charge in [-0.15, -0.1) is 11.6 Å². The Labute approximate surface area is 116 Å². The summed E-state index contributed by atoms with van der Waals surface area (Å²) in [6.07, 6.45) is 0. The van der Waals surface area contributed by atoms with Gasteiger partial charge in [-0.25, -0.2) is 4.39 Å². The van der Waals surface area contributed by atoms with Gasteiger partial charge in [0.15, 0.2) is 0 Å². The maximum Gasteiger partial charge on any atom is 0.255 e. The van der Waals surface area contributed by atoms with E-state index in [1.807, 2.05) is 12.1 Å². The van der Waals surface area contributed by atoms with Crippen molar-refractivity contribution in [3.05, 3.63) is 65.0 Å². The average Bonchev–Trinajstić information content (AvgIpc) is 2.37. The van der Waals surface area contributed by atoms with E-state index in [0.717, 1.165) is 5.56 Å². The summed E-state index contributed by atoms with van der Waals surface area (Å²) in [6.45, 7) is 1.74. The quantitative estimate of drug-likeness (QED) is 0.840. The van der Waals surface area contributed by atoms with Gasteiger partial charge in [-0.1, -0.05) is 12.1 Å². The number of amides is 1. The lowest BCUT2D eigenvalue weighted by molar-refractivity contribution is 0.102. The largest absolute Gasteiger partial charge is 0.322 e. The lowest BCUT2D eigenvalue weighted by Crippen LogP contribution is -2.12. The van der Waals surface area contributed by atoms with Crippen LogP contribution < -0.4 is 5.32 Å². The van der Waals surface area contributed by atoms with Gasteiger partial charge in [0.05, 0.1) is 0 Å². The molecule has 0 spiro atoms. The van der Waals surface area contributed by atoms with Crippen LogP contribution in [0, 0.1) is 12.7 Å². The molecule has 0 aliphatic heterocycles. The number of nitrogens with one attached hydrogen (secondary N) is 1. The fourth-order valence-corrected chi connectivity index (χ4v) is 1.97. The van der Waals surface area contributed by atoms with Crippen molar-refractivity contribution in [1.29, 1.82) is 0 Å². The van der Waals surface area contributed by atoms with Crippen LogP contribution in [0.4, 0.5) is 10.1 Å². The maximum absolute atomic E-state index is 13.2. The van der Waals surface area contributed by atoms with E-state index in [2.05, 4.69) is 5.32 Å². The highest BCUT2D eigenvalue weighted by Crippen LogP contribution is 2.15. The summed E-state index contributed by atoms with van der Waals surface area (Å²) < 4.78 is 13.2. The average molecular weight is 278 g/mol. The molecule has 0 atom stereocenters. The van der Waals surface area contributed by atoms with Crippen LogP contribution in [-0.2, 0) is 5.88 Å². The Bertz CT molecular complexity index is 593. The molecule has 0 aliphatic carbocycles. The fourth-order valence-electron chi connectivity index (χ4n) is 1.80. The van der Waals surface area contributed by atoms with Crippen LogP contribution in [0.1, 0.15) is 21.5 Å². The molecule has 0 aromatic heterocycles. The van der Waals surface area contributed by atoms with Gasteiger partial charge in [-0.2, -0.15) is 0 Å². The zero-order valence-electron chi connectivity index (χ0n) is 10.4. The number of carbonyl (C=O) groups is 1. The van der Waals surface area contributed by atoms with Crippen LogP contribution >= 0.6 is 11.6 Å². The number of benzene rings is 2. The minimum atomic E-state index is -0.417. The first kappa shape index (κ1) is 13.6. The molecular weight excluding hydrogens is 265 g/mol. The Hall–Kier alpha value is -1.87. The van der Waals surface area contributed by atoms with Crippen LogP contribution in [0.15, 0.2) is 42.5 Å². The number of carbonyl (C=O) groups excluding carboxylic acids is 1. The van der Waals surface area contributed by atoms with E-state index in [1.54, 1.807) is 25.1 Å². The van der Waals surface area contributed by atoms with Crippen molar-refractivity contribution >= 4 is 23.2 Å². The minimum absolute atomic E-state index is 0.300. The van der Waals surface area contributed by atoms with Crippen LogP contribution in [-0.4, -0.2) is 5.91 Å². The third-order valence-electron chi connectivity index (χ3n) is 2.64. The second kappa shape index (κ2) is 5.85. The van der Waals surface area contributed by atoms with Crippen LogP contribution in [0.25, 0.3) is 0 Å². The predicted octanol–water partition coefficient (Wildman–Crippen LogP) is 4.13. The highest BCUT2D eigenvalue weighted by atomic mass is 35.5. The Morgan fingerprint density at radius 3 is 2.74 bits per heavy atom. The summed E-state index contributed by atoms with van der Waals surface area (Å²) in [4.78, 5) is 12.0. The van der Waals surface area contributed by atoms with Gasteiger partial charge in [0.1, 0.15) is 5.82 Å². The second-order valence-electron chi connectivity index (χ2n) is 4.31. The molecule has 2 rings (SSSR count). The number of hydrogen-bond acceptors (Lipinski definition) is 1. The van der Waals surface area contributed by atoms with Crippen molar-refractivity contribution in [2.24, 2.45) is 0 Å². The van der Waals surface area contributed by atoms with E-state index >= 15 is 0 Å². The summed E-state index contributed by atoms with van der Waals surface area (Å²) in [6, 6.07) is 11.5. The highest BCUT2D eigenvalue weighted by molar-refractivity contribution is 6.17. The van der Waals surface area contributed by atoms with Crippen LogP contribution in [0.3, 0.4) is 0 Å². The molecule has 0 heterocycles. The predicted molar refractivity (Wildman–Crippen MR) is 75.1 cm³/mol. The first-order valence-electron chi connectivity index (χ1n) is 5.82. The first-order chi connectivity index (χ1) is 9.08. The summed E-state index contributed by atoms with van der Waals surface area (Å²) in [5.41, 5.74) is 2.56. The fraction of sp³-hybridized carbons (Fsp3) is 0.133. The minimum Gasteiger partial charge on any atom is -0.322 e. The molecule has 0 saturated carbocycles. The Balaban J connectivity index is 2.20. The van der Waals surface area contributed by atoms with E-state index in [1.165, 1.54) is 12.1 Å². The number of rotatable bonds is 3. The molecule has 0 radical (unpaired) electrons. The molecule has 2 aromatic rings. The van der Waals surface area contributed by atoms with Crippen molar-refractivity contribution in [3.8, 4) is 0 Å². The van der Waals surface area contributed by atoms with E-state index in [-0.39, 0.29) is 5.91 Å². The normalized spacial score (nSPS) is 10.3. The molecule has 0 aliphatic rings. The van der Waals surface area contributed by atoms with E-state index in [9.17, 15) is 9.18 Å². The zero-order valence-corrected chi connectivity index (χ0v) is 11.2. The number of alkyl halides is 1. The molecule has 0 fully saturated rings. The maximum atomic E-state index is 13.2. The Morgan fingerprint density at radius 1 is 1.26 bits per heavy atom. The second-order valence-corrected chi connectivity index (χ2v) is 4.57. The summed E-state index contributed by atoms with van der Waals surface area (Å²) >= 11 is 5.73. The zero-order chi connectivity index (χ0) is 13.8. The van der Waals surface area contributed by atoms with Crippen molar-refractivity contribution in [3.63, 3.8) is 0 Å². The Kier molecular flexibility index (Phi) is 4.17. The number of anilines is 1. The molecule has 0 unspecified atom stereocenters. The summed E-state index contributed by atoms with van der Waals surface area (Å²) in [7, 11) is 0. The van der Waals surface area contributed by atoms with Crippen LogP contribution in [0.5, 0.6) is 0 Å². The standard InChI is InChI=1S/C15H13ClFNO/c1-10-5-12(8-13(17)6-10)15(19)18-14-4-2-3-11(7-14)9-16/h2-8H,9H2,1H3,(H,18,19). The molecule has 98 valence electrons. The van der Waals surface area contributed by atoms with Gasteiger partial charge in [0.2, 0.25) is 0 Å². The van der Waals surface area contributed by atoms with Crippen molar-refractivity contribution in [2.75, 3.05) is 5.32 Å². The molecule has 4 heteroatoms. The molecule has 1 amide bonds. The van der Waals surface area contributed by atoms with Crippen molar-refractivity contribution < 1.29 is 9.18 Å². The van der Waals surface area contributed by atoms with Gasteiger partial charge in [-0.05, 0) is 48.4 Å². The SMILES string of the molecule is Cc1cc(F)cc(C(=O)Nc2cccc(CCl)c2)c1. The summed E-state index contributed by atoms with van der Waals surface area (Å²) in [5, 5.41) is 2.72. The smallest absolute Gasteiger partial charge is 0.255 e. The monoisotopic (exact) mass is 277 g/mol. The summed E-state index contributed by atoms with van der Waals surface area (Å²) in [5.74, 6) is -0.378. The third kappa shape index (κ3) is 3.55. The number of aryl methyl sites for hydroxylation is 1.